The number of aromatic nitrogens is 3. The molecule has 4 aromatic rings. The van der Waals surface area contributed by atoms with Crippen LogP contribution in [0.5, 0.6) is 11.5 Å². The molecule has 0 unspecified atom stereocenters. The van der Waals surface area contributed by atoms with Gasteiger partial charge in [-0.3, -0.25) is 19.5 Å². The molecule has 0 radical (unpaired) electrons. The molecule has 0 saturated heterocycles. The molecule has 2 aromatic heterocycles. The van der Waals surface area contributed by atoms with Gasteiger partial charge in [-0.05, 0) is 30.7 Å². The number of benzene rings is 2. The zero-order valence-electron chi connectivity index (χ0n) is 20.7. The van der Waals surface area contributed by atoms with Crippen LogP contribution >= 0.6 is 11.3 Å². The fourth-order valence-electron chi connectivity index (χ4n) is 3.65. The minimum Gasteiger partial charge on any atom is -0.497 e. The Morgan fingerprint density at radius 2 is 1.81 bits per heavy atom. The molecule has 2 aromatic carbocycles. The number of nitrogens with zero attached hydrogens (tertiary/aromatic N) is 3. The van der Waals surface area contributed by atoms with Gasteiger partial charge in [0.2, 0.25) is 5.13 Å². The van der Waals surface area contributed by atoms with Crippen molar-refractivity contribution in [3.05, 3.63) is 69.6 Å². The van der Waals surface area contributed by atoms with Crippen molar-refractivity contribution in [2.24, 2.45) is 5.10 Å². The molecule has 1 amide bonds. The van der Waals surface area contributed by atoms with E-state index in [-0.39, 0.29) is 23.3 Å². The monoisotopic (exact) mass is 523 g/mol. The third-order valence-electron chi connectivity index (χ3n) is 5.52. The number of carbonyl (C=O) groups is 2. The third-order valence-corrected chi connectivity index (χ3v) is 6.54. The Morgan fingerprint density at radius 3 is 2.43 bits per heavy atom. The van der Waals surface area contributed by atoms with E-state index >= 15 is 0 Å². The standard InChI is InChI=1S/C25H25N5O6S/c1-5-17(27-28-23(32)14-10-15(34-2)12-16(11-14)35-3)22-19(13-21(31)36-4)29-30(24(22)33)25-26-18-8-6-7-9-20(18)37-25/h6-12,29H,5,13H2,1-4H3,(H,28,32)/b27-17+. The Bertz CT molecular complexity index is 1500. The van der Waals surface area contributed by atoms with Gasteiger partial charge in [-0.15, -0.1) is 0 Å². The van der Waals surface area contributed by atoms with Gasteiger partial charge in [0.1, 0.15) is 11.5 Å². The summed E-state index contributed by atoms with van der Waals surface area (Å²) in [5, 5.41) is 7.63. The second-order valence-corrected chi connectivity index (χ2v) is 8.79. The fourth-order valence-corrected chi connectivity index (χ4v) is 4.57. The van der Waals surface area contributed by atoms with Crippen molar-refractivity contribution >= 4 is 39.1 Å². The third kappa shape index (κ3) is 5.38. The van der Waals surface area contributed by atoms with Crippen molar-refractivity contribution in [3.63, 3.8) is 0 Å². The van der Waals surface area contributed by atoms with E-state index in [9.17, 15) is 14.4 Å². The number of fused-ring (bicyclic) bond motifs is 1. The second-order valence-electron chi connectivity index (χ2n) is 7.78. The zero-order chi connectivity index (χ0) is 26.5. The predicted molar refractivity (Wildman–Crippen MR) is 139 cm³/mol. The summed E-state index contributed by atoms with van der Waals surface area (Å²) in [6, 6.07) is 12.2. The summed E-state index contributed by atoms with van der Waals surface area (Å²) < 4.78 is 17.4. The van der Waals surface area contributed by atoms with Crippen molar-refractivity contribution in [1.29, 1.82) is 0 Å². The molecule has 0 aliphatic carbocycles. The number of carbonyl (C=O) groups excluding carboxylic acids is 2. The average molecular weight is 524 g/mol. The summed E-state index contributed by atoms with van der Waals surface area (Å²) >= 11 is 1.32. The van der Waals surface area contributed by atoms with Gasteiger partial charge in [0, 0.05) is 11.6 Å². The molecule has 0 atom stereocenters. The highest BCUT2D eigenvalue weighted by Gasteiger charge is 2.23. The number of nitrogens with one attached hydrogen (secondary N) is 2. The zero-order valence-corrected chi connectivity index (χ0v) is 21.5. The summed E-state index contributed by atoms with van der Waals surface area (Å²) in [6.45, 7) is 1.79. The number of rotatable bonds is 9. The summed E-state index contributed by atoms with van der Waals surface area (Å²) in [6.07, 6.45) is 0.0990. The van der Waals surface area contributed by atoms with Crippen molar-refractivity contribution in [1.82, 2.24) is 20.2 Å². The van der Waals surface area contributed by atoms with Gasteiger partial charge >= 0.3 is 5.97 Å². The van der Waals surface area contributed by atoms with Crippen LogP contribution in [0.2, 0.25) is 0 Å². The lowest BCUT2D eigenvalue weighted by molar-refractivity contribution is -0.139. The van der Waals surface area contributed by atoms with Crippen molar-refractivity contribution < 1.29 is 23.8 Å². The molecule has 2 heterocycles. The van der Waals surface area contributed by atoms with Crippen molar-refractivity contribution in [2.45, 2.75) is 19.8 Å². The molecule has 11 nitrogen and oxygen atoms in total. The summed E-state index contributed by atoms with van der Waals surface area (Å²) in [5.41, 5.74) is 3.78. The van der Waals surface area contributed by atoms with Crippen LogP contribution in [0.1, 0.15) is 35.0 Å². The van der Waals surface area contributed by atoms with Gasteiger partial charge in [0.05, 0.1) is 54.9 Å². The highest BCUT2D eigenvalue weighted by atomic mass is 32.1. The highest BCUT2D eigenvalue weighted by molar-refractivity contribution is 7.20. The van der Waals surface area contributed by atoms with Crippen LogP contribution in [0, 0.1) is 0 Å². The van der Waals surface area contributed by atoms with Crippen LogP contribution < -0.4 is 20.5 Å². The molecule has 0 bridgehead atoms. The van der Waals surface area contributed by atoms with E-state index in [0.717, 1.165) is 10.2 Å². The van der Waals surface area contributed by atoms with Crippen LogP contribution in [-0.2, 0) is 16.0 Å². The first-order valence-electron chi connectivity index (χ1n) is 11.3. The Kier molecular flexibility index (Phi) is 7.68. The quantitative estimate of drug-likeness (QED) is 0.195. The molecule has 2 N–H and O–H groups in total. The smallest absolute Gasteiger partial charge is 0.311 e. The number of amides is 1. The SMILES string of the molecule is CC/C(=N\NC(=O)c1cc(OC)cc(OC)c1)c1c(CC(=O)OC)[nH]n(-c2nc3ccccc3s2)c1=O. The fraction of sp³-hybridized carbons (Fsp3) is 0.240. The molecular weight excluding hydrogens is 498 g/mol. The Morgan fingerprint density at radius 1 is 1.11 bits per heavy atom. The Labute approximate surface area is 215 Å². The van der Waals surface area contributed by atoms with Gasteiger partial charge in [-0.1, -0.05) is 30.4 Å². The van der Waals surface area contributed by atoms with Crippen LogP contribution in [0.15, 0.2) is 52.4 Å². The first-order valence-corrected chi connectivity index (χ1v) is 12.1. The maximum absolute atomic E-state index is 13.5. The van der Waals surface area contributed by atoms with Crippen LogP contribution in [0.25, 0.3) is 15.3 Å². The maximum atomic E-state index is 13.5. The van der Waals surface area contributed by atoms with E-state index in [2.05, 4.69) is 20.6 Å². The first kappa shape index (κ1) is 25.6. The molecule has 0 aliphatic heterocycles. The molecule has 4 rings (SSSR count). The maximum Gasteiger partial charge on any atom is 0.311 e. The van der Waals surface area contributed by atoms with Gasteiger partial charge in [0.15, 0.2) is 0 Å². The second kappa shape index (κ2) is 11.1. The lowest BCUT2D eigenvalue weighted by Gasteiger charge is -2.08. The number of aromatic amines is 1. The van der Waals surface area contributed by atoms with Crippen molar-refractivity contribution in [2.75, 3.05) is 21.3 Å². The first-order chi connectivity index (χ1) is 17.9. The summed E-state index contributed by atoms with van der Waals surface area (Å²) in [4.78, 5) is 43.0. The van der Waals surface area contributed by atoms with E-state index in [1.54, 1.807) is 13.0 Å². The van der Waals surface area contributed by atoms with Crippen LogP contribution in [0.3, 0.4) is 0 Å². The molecule has 0 saturated carbocycles. The summed E-state index contributed by atoms with van der Waals surface area (Å²) in [7, 11) is 4.23. The van der Waals surface area contributed by atoms with E-state index in [1.807, 2.05) is 24.3 Å². The molecular formula is C25H25N5O6S. The minimum absolute atomic E-state index is 0.163. The largest absolute Gasteiger partial charge is 0.497 e. The van der Waals surface area contributed by atoms with Gasteiger partial charge in [-0.2, -0.15) is 9.78 Å². The number of hydrogen-bond donors (Lipinski definition) is 2. The number of thiazole rings is 1. The number of para-hydroxylation sites is 1. The normalized spacial score (nSPS) is 11.4. The highest BCUT2D eigenvalue weighted by Crippen LogP contribution is 2.24. The Hall–Kier alpha value is -4.45. The molecule has 12 heteroatoms. The number of H-pyrrole nitrogens is 1. The molecule has 0 aliphatic rings. The van der Waals surface area contributed by atoms with Crippen LogP contribution in [0.4, 0.5) is 0 Å². The minimum atomic E-state index is -0.540. The number of ether oxygens (including phenoxy) is 3. The lowest BCUT2D eigenvalue weighted by Crippen LogP contribution is -2.25. The number of hydrogen-bond acceptors (Lipinski definition) is 9. The number of methoxy groups -OCH3 is 3. The summed E-state index contributed by atoms with van der Waals surface area (Å²) in [5.74, 6) is -0.190. The molecule has 0 fully saturated rings. The lowest BCUT2D eigenvalue weighted by atomic mass is 10.1. The van der Waals surface area contributed by atoms with Gasteiger partial charge < -0.3 is 14.2 Å². The number of hydrazone groups is 1. The van der Waals surface area contributed by atoms with Crippen molar-refractivity contribution in [3.8, 4) is 16.6 Å². The van der Waals surface area contributed by atoms with E-state index in [0.29, 0.717) is 28.7 Å². The molecule has 37 heavy (non-hydrogen) atoms. The van der Waals surface area contributed by atoms with E-state index in [4.69, 9.17) is 14.2 Å². The predicted octanol–water partition coefficient (Wildman–Crippen LogP) is 3.05. The van der Waals surface area contributed by atoms with E-state index < -0.39 is 17.4 Å². The number of esters is 1. The van der Waals surface area contributed by atoms with Crippen LogP contribution in [-0.4, -0.2) is 53.7 Å². The molecule has 0 spiro atoms. The van der Waals surface area contributed by atoms with E-state index in [1.165, 1.54) is 49.5 Å². The Balaban J connectivity index is 1.74. The molecule has 192 valence electrons. The average Bonchev–Trinajstić information content (AvgIpc) is 3.49. The van der Waals surface area contributed by atoms with Gasteiger partial charge in [-0.25, -0.2) is 10.4 Å². The topological polar surface area (TPSA) is 137 Å². The van der Waals surface area contributed by atoms with Gasteiger partial charge in [0.25, 0.3) is 11.5 Å².